The van der Waals surface area contributed by atoms with Gasteiger partial charge in [0.2, 0.25) is 0 Å². The fourth-order valence-corrected chi connectivity index (χ4v) is 4.37. The average molecular weight is 300 g/mol. The number of ketones is 1. The van der Waals surface area contributed by atoms with Crippen LogP contribution < -0.4 is 4.74 Å². The van der Waals surface area contributed by atoms with Crippen molar-refractivity contribution < 1.29 is 14.3 Å². The van der Waals surface area contributed by atoms with Gasteiger partial charge in [-0.05, 0) is 41.9 Å². The number of benzene rings is 1. The first-order valence-corrected chi connectivity index (χ1v) is 7.89. The van der Waals surface area contributed by atoms with Gasteiger partial charge in [0.25, 0.3) is 0 Å². The lowest BCUT2D eigenvalue weighted by Gasteiger charge is -2.32. The monoisotopic (exact) mass is 300 g/mol. The summed E-state index contributed by atoms with van der Waals surface area (Å²) in [5.74, 6) is 1.33. The largest absolute Gasteiger partial charge is 0.497 e. The first-order chi connectivity index (χ1) is 10.5. The number of allylic oxidation sites excluding steroid dienone is 1. The fraction of sp³-hybridized carbons (Fsp3) is 0.526. The van der Waals surface area contributed by atoms with E-state index in [9.17, 15) is 4.79 Å². The molecule has 2 fully saturated rings. The number of rotatable bonds is 5. The molecule has 0 heterocycles. The minimum Gasteiger partial charge on any atom is -0.497 e. The van der Waals surface area contributed by atoms with Crippen LogP contribution in [0.5, 0.6) is 5.75 Å². The predicted octanol–water partition coefficient (Wildman–Crippen LogP) is 3.77. The van der Waals surface area contributed by atoms with Gasteiger partial charge < -0.3 is 9.47 Å². The molecule has 0 spiro atoms. The van der Waals surface area contributed by atoms with E-state index in [1.165, 1.54) is 0 Å². The van der Waals surface area contributed by atoms with E-state index < -0.39 is 5.41 Å². The molecule has 0 unspecified atom stereocenters. The Morgan fingerprint density at radius 3 is 2.55 bits per heavy atom. The van der Waals surface area contributed by atoms with Crippen molar-refractivity contribution in [2.45, 2.75) is 39.4 Å². The maximum absolute atomic E-state index is 12.8. The summed E-state index contributed by atoms with van der Waals surface area (Å²) in [6.45, 7) is 8.76. The molecule has 2 bridgehead atoms. The minimum absolute atomic E-state index is 0.0591. The lowest BCUT2D eigenvalue weighted by atomic mass is 9.69. The summed E-state index contributed by atoms with van der Waals surface area (Å²) in [5.41, 5.74) is 0.598. The van der Waals surface area contributed by atoms with Gasteiger partial charge in [-0.2, -0.15) is 0 Å². The first-order valence-electron chi connectivity index (χ1n) is 7.89. The van der Waals surface area contributed by atoms with Gasteiger partial charge in [0.05, 0.1) is 19.1 Å². The van der Waals surface area contributed by atoms with Crippen LogP contribution in [-0.4, -0.2) is 19.0 Å². The fourth-order valence-electron chi connectivity index (χ4n) is 4.37. The Kier molecular flexibility index (Phi) is 3.64. The smallest absolute Gasteiger partial charge is 0.172 e. The third-order valence-corrected chi connectivity index (χ3v) is 5.93. The lowest BCUT2D eigenvalue weighted by molar-refractivity contribution is -0.138. The Bertz CT molecular complexity index is 587. The molecular weight excluding hydrogens is 276 g/mol. The number of methoxy groups -OCH3 is 1. The number of ether oxygens (including phenoxy) is 2. The highest BCUT2D eigenvalue weighted by atomic mass is 16.5. The van der Waals surface area contributed by atoms with Crippen LogP contribution in [0.2, 0.25) is 0 Å². The van der Waals surface area contributed by atoms with E-state index in [2.05, 4.69) is 20.4 Å². The van der Waals surface area contributed by atoms with Gasteiger partial charge in [-0.25, -0.2) is 0 Å². The number of Topliss-reactive ketones (excluding diaryl/α,β-unsaturated/α-hetero) is 1. The zero-order chi connectivity index (χ0) is 16.0. The second kappa shape index (κ2) is 5.24. The maximum atomic E-state index is 12.8. The van der Waals surface area contributed by atoms with Gasteiger partial charge >= 0.3 is 0 Å². The standard InChI is InChI=1S/C19H24O3/c1-5-19-11-10-15(18(19,2)3)16(17(19)20)22-12-13-6-8-14(21-4)9-7-13/h5-9,15-16H,1,10-12H2,2-4H3/t15-,16-,19+/m1/s1. The molecule has 0 amide bonds. The van der Waals surface area contributed by atoms with Crippen molar-refractivity contribution in [3.05, 3.63) is 42.5 Å². The van der Waals surface area contributed by atoms with Crippen LogP contribution in [0.1, 0.15) is 32.3 Å². The molecule has 0 saturated heterocycles. The summed E-state index contributed by atoms with van der Waals surface area (Å²) < 4.78 is 11.2. The zero-order valence-electron chi connectivity index (χ0n) is 13.6. The third kappa shape index (κ3) is 1.95. The van der Waals surface area contributed by atoms with Gasteiger partial charge in [-0.15, -0.1) is 6.58 Å². The molecule has 0 N–H and O–H groups in total. The molecular formula is C19H24O3. The van der Waals surface area contributed by atoms with Gasteiger partial charge in [0.15, 0.2) is 5.78 Å². The number of hydrogen-bond acceptors (Lipinski definition) is 3. The van der Waals surface area contributed by atoms with E-state index in [1.54, 1.807) is 7.11 Å². The highest BCUT2D eigenvalue weighted by Crippen LogP contribution is 2.65. The Morgan fingerprint density at radius 1 is 1.32 bits per heavy atom. The predicted molar refractivity (Wildman–Crippen MR) is 85.7 cm³/mol. The van der Waals surface area contributed by atoms with E-state index >= 15 is 0 Å². The normalized spacial score (nSPS) is 32.2. The van der Waals surface area contributed by atoms with Gasteiger partial charge in [-0.3, -0.25) is 4.79 Å². The lowest BCUT2D eigenvalue weighted by Crippen LogP contribution is -2.36. The maximum Gasteiger partial charge on any atom is 0.172 e. The van der Waals surface area contributed by atoms with Crippen molar-refractivity contribution in [2.75, 3.05) is 7.11 Å². The molecule has 3 rings (SSSR count). The van der Waals surface area contributed by atoms with Crippen LogP contribution in [0, 0.1) is 16.7 Å². The van der Waals surface area contributed by atoms with Gasteiger partial charge in [0, 0.05) is 0 Å². The van der Waals surface area contributed by atoms with Crippen molar-refractivity contribution in [2.24, 2.45) is 16.7 Å². The summed E-state index contributed by atoms with van der Waals surface area (Å²) in [5, 5.41) is 0. The molecule has 1 aromatic carbocycles. The Labute approximate surface area is 132 Å². The van der Waals surface area contributed by atoms with Crippen LogP contribution in [0.25, 0.3) is 0 Å². The third-order valence-electron chi connectivity index (χ3n) is 5.93. The molecule has 22 heavy (non-hydrogen) atoms. The highest BCUT2D eigenvalue weighted by Gasteiger charge is 2.67. The molecule has 0 aromatic heterocycles. The Morgan fingerprint density at radius 2 is 2.00 bits per heavy atom. The Hall–Kier alpha value is -1.61. The van der Waals surface area contributed by atoms with Gasteiger partial charge in [0.1, 0.15) is 11.9 Å². The summed E-state index contributed by atoms with van der Waals surface area (Å²) in [7, 11) is 1.65. The van der Waals surface area contributed by atoms with Crippen molar-refractivity contribution in [1.29, 1.82) is 0 Å². The first kappa shape index (κ1) is 15.3. The summed E-state index contributed by atoms with van der Waals surface area (Å²) in [6, 6.07) is 7.78. The van der Waals surface area contributed by atoms with Gasteiger partial charge in [-0.1, -0.05) is 32.1 Å². The molecule has 0 radical (unpaired) electrons. The molecule has 3 heteroatoms. The van der Waals surface area contributed by atoms with E-state index in [-0.39, 0.29) is 23.2 Å². The molecule has 2 saturated carbocycles. The molecule has 2 aliphatic carbocycles. The van der Waals surface area contributed by atoms with Crippen LogP contribution in [0.3, 0.4) is 0 Å². The van der Waals surface area contributed by atoms with E-state index in [0.29, 0.717) is 6.61 Å². The summed E-state index contributed by atoms with van der Waals surface area (Å²) in [6.07, 6.45) is 3.52. The number of carbonyl (C=O) groups is 1. The SMILES string of the molecule is C=C[C@]12CC[C@H]([C@@H](OCc3ccc(OC)cc3)C1=O)C2(C)C. The van der Waals surface area contributed by atoms with E-state index in [0.717, 1.165) is 24.2 Å². The van der Waals surface area contributed by atoms with Crippen molar-refractivity contribution >= 4 is 5.78 Å². The minimum atomic E-state index is -0.401. The molecule has 1 aromatic rings. The van der Waals surface area contributed by atoms with Crippen molar-refractivity contribution in [3.63, 3.8) is 0 Å². The number of hydrogen-bond donors (Lipinski definition) is 0. The average Bonchev–Trinajstić information content (AvgIpc) is 2.87. The summed E-state index contributed by atoms with van der Waals surface area (Å²) >= 11 is 0. The van der Waals surface area contributed by atoms with Crippen LogP contribution >= 0.6 is 0 Å². The second-order valence-corrected chi connectivity index (χ2v) is 6.99. The molecule has 2 aliphatic rings. The molecule has 3 nitrogen and oxygen atoms in total. The topological polar surface area (TPSA) is 35.5 Å². The summed E-state index contributed by atoms with van der Waals surface area (Å²) in [4.78, 5) is 12.8. The highest BCUT2D eigenvalue weighted by molar-refractivity contribution is 5.95. The molecule has 3 atom stereocenters. The Balaban J connectivity index is 1.74. The van der Waals surface area contributed by atoms with Crippen LogP contribution in [0.15, 0.2) is 36.9 Å². The molecule has 0 aliphatic heterocycles. The van der Waals surface area contributed by atoms with Crippen LogP contribution in [0.4, 0.5) is 0 Å². The number of carbonyl (C=O) groups excluding carboxylic acids is 1. The van der Waals surface area contributed by atoms with Crippen LogP contribution in [-0.2, 0) is 16.1 Å². The van der Waals surface area contributed by atoms with Crippen molar-refractivity contribution in [1.82, 2.24) is 0 Å². The van der Waals surface area contributed by atoms with E-state index in [4.69, 9.17) is 9.47 Å². The second-order valence-electron chi connectivity index (χ2n) is 6.99. The quantitative estimate of drug-likeness (QED) is 0.776. The van der Waals surface area contributed by atoms with E-state index in [1.807, 2.05) is 30.3 Å². The van der Waals surface area contributed by atoms with Crippen molar-refractivity contribution in [3.8, 4) is 5.75 Å². The number of fused-ring (bicyclic) bond motifs is 2. The molecule has 118 valence electrons. The zero-order valence-corrected chi connectivity index (χ0v) is 13.6.